The van der Waals surface area contributed by atoms with E-state index >= 15 is 0 Å². The molecule has 2 aromatic carbocycles. The fraction of sp³-hybridized carbons (Fsp3) is 0.167. The lowest BCUT2D eigenvalue weighted by atomic mass is 10.2. The number of rotatable bonds is 6. The van der Waals surface area contributed by atoms with Gasteiger partial charge in [-0.1, -0.05) is 6.07 Å². The van der Waals surface area contributed by atoms with E-state index in [9.17, 15) is 19.7 Å². The number of anilines is 1. The highest BCUT2D eigenvalue weighted by molar-refractivity contribution is 6.39. The van der Waals surface area contributed by atoms with Crippen molar-refractivity contribution in [1.82, 2.24) is 5.43 Å². The molecule has 0 saturated heterocycles. The average molecular weight is 386 g/mol. The lowest BCUT2D eigenvalue weighted by Gasteiger charge is -2.10. The van der Waals surface area contributed by atoms with Crippen LogP contribution in [-0.2, 0) is 9.59 Å². The molecule has 10 nitrogen and oxygen atoms in total. The van der Waals surface area contributed by atoms with Crippen LogP contribution in [0.2, 0.25) is 0 Å². The smallest absolute Gasteiger partial charge is 0.329 e. The Morgan fingerprint density at radius 1 is 1.07 bits per heavy atom. The summed E-state index contributed by atoms with van der Waals surface area (Å²) >= 11 is 0. The van der Waals surface area contributed by atoms with Crippen molar-refractivity contribution in [2.24, 2.45) is 5.10 Å². The van der Waals surface area contributed by atoms with Crippen molar-refractivity contribution >= 4 is 29.4 Å². The Balaban J connectivity index is 2.04. The minimum Gasteiger partial charge on any atom is -0.495 e. The molecule has 0 aromatic heterocycles. The van der Waals surface area contributed by atoms with E-state index in [1.807, 2.05) is 6.92 Å². The second-order valence-electron chi connectivity index (χ2n) is 5.55. The van der Waals surface area contributed by atoms with Crippen LogP contribution in [0.5, 0.6) is 11.5 Å². The summed E-state index contributed by atoms with van der Waals surface area (Å²) in [5.41, 5.74) is 3.37. The van der Waals surface area contributed by atoms with Gasteiger partial charge in [-0.25, -0.2) is 5.43 Å². The molecule has 0 atom stereocenters. The summed E-state index contributed by atoms with van der Waals surface area (Å²) in [6.45, 7) is 1.83. The SMILES string of the molecule is COc1ccc(C)cc1NC(=O)C(=O)NN=Cc1ccc(OC)c([N+](=O)[O-])c1. The average Bonchev–Trinajstić information content (AvgIpc) is 2.67. The van der Waals surface area contributed by atoms with E-state index in [0.717, 1.165) is 5.56 Å². The molecule has 0 unspecified atom stereocenters. The van der Waals surface area contributed by atoms with Gasteiger partial charge in [0.15, 0.2) is 5.75 Å². The van der Waals surface area contributed by atoms with E-state index in [1.54, 1.807) is 18.2 Å². The molecule has 0 heterocycles. The number of nitrogens with zero attached hydrogens (tertiary/aromatic N) is 2. The molecule has 2 aromatic rings. The van der Waals surface area contributed by atoms with Crippen LogP contribution >= 0.6 is 0 Å². The second kappa shape index (κ2) is 9.12. The molecule has 0 spiro atoms. The summed E-state index contributed by atoms with van der Waals surface area (Å²) < 4.78 is 10.0. The van der Waals surface area contributed by atoms with Crippen molar-refractivity contribution in [3.63, 3.8) is 0 Å². The maximum absolute atomic E-state index is 12.0. The first-order chi connectivity index (χ1) is 13.3. The van der Waals surface area contributed by atoms with Crippen LogP contribution in [0.15, 0.2) is 41.5 Å². The maximum Gasteiger partial charge on any atom is 0.329 e. The Kier molecular flexibility index (Phi) is 6.63. The predicted molar refractivity (Wildman–Crippen MR) is 102 cm³/mol. The van der Waals surface area contributed by atoms with Crippen LogP contribution in [0, 0.1) is 17.0 Å². The number of benzene rings is 2. The van der Waals surface area contributed by atoms with Crippen molar-refractivity contribution in [2.45, 2.75) is 6.92 Å². The molecule has 10 heteroatoms. The number of carbonyl (C=O) groups excluding carboxylic acids is 2. The summed E-state index contributed by atoms with van der Waals surface area (Å²) in [4.78, 5) is 34.3. The largest absolute Gasteiger partial charge is 0.495 e. The van der Waals surface area contributed by atoms with Crippen LogP contribution in [0.4, 0.5) is 11.4 Å². The molecule has 0 aliphatic rings. The van der Waals surface area contributed by atoms with Crippen molar-refractivity contribution in [1.29, 1.82) is 0 Å². The van der Waals surface area contributed by atoms with Gasteiger partial charge in [-0.3, -0.25) is 19.7 Å². The molecule has 0 aliphatic heterocycles. The van der Waals surface area contributed by atoms with Gasteiger partial charge in [-0.2, -0.15) is 5.10 Å². The number of nitrogens with one attached hydrogen (secondary N) is 2. The van der Waals surface area contributed by atoms with E-state index in [0.29, 0.717) is 17.0 Å². The molecule has 0 saturated carbocycles. The summed E-state index contributed by atoms with van der Waals surface area (Å²) in [5, 5.41) is 17.1. The number of amides is 2. The highest BCUT2D eigenvalue weighted by atomic mass is 16.6. The number of nitro benzene ring substituents is 1. The van der Waals surface area contributed by atoms with Crippen molar-refractivity contribution in [3.05, 3.63) is 57.6 Å². The predicted octanol–water partition coefficient (Wildman–Crippen LogP) is 2.01. The monoisotopic (exact) mass is 386 g/mol. The van der Waals surface area contributed by atoms with E-state index < -0.39 is 16.7 Å². The first-order valence-electron chi connectivity index (χ1n) is 7.97. The first kappa shape index (κ1) is 20.4. The molecule has 28 heavy (non-hydrogen) atoms. The number of methoxy groups -OCH3 is 2. The molecular weight excluding hydrogens is 368 g/mol. The van der Waals surface area contributed by atoms with Gasteiger partial charge in [-0.15, -0.1) is 0 Å². The molecule has 0 radical (unpaired) electrons. The third-order valence-corrected chi connectivity index (χ3v) is 3.59. The quantitative estimate of drug-likeness (QED) is 0.338. The Labute approximate surface area is 160 Å². The second-order valence-corrected chi connectivity index (χ2v) is 5.55. The Morgan fingerprint density at radius 2 is 1.75 bits per heavy atom. The van der Waals surface area contributed by atoms with Gasteiger partial charge in [0.1, 0.15) is 5.75 Å². The number of ether oxygens (including phenoxy) is 2. The fourth-order valence-electron chi connectivity index (χ4n) is 2.24. The summed E-state index contributed by atoms with van der Waals surface area (Å²) in [6, 6.07) is 9.26. The minimum absolute atomic E-state index is 0.0951. The van der Waals surface area contributed by atoms with Crippen molar-refractivity contribution < 1.29 is 24.0 Å². The fourth-order valence-corrected chi connectivity index (χ4v) is 2.24. The van der Waals surface area contributed by atoms with Crippen molar-refractivity contribution in [2.75, 3.05) is 19.5 Å². The van der Waals surface area contributed by atoms with Crippen LogP contribution in [0.25, 0.3) is 0 Å². The summed E-state index contributed by atoms with van der Waals surface area (Å²) in [5.74, 6) is -1.46. The lowest BCUT2D eigenvalue weighted by molar-refractivity contribution is -0.385. The normalized spacial score (nSPS) is 10.4. The van der Waals surface area contributed by atoms with Gasteiger partial charge in [-0.05, 0) is 36.8 Å². The third kappa shape index (κ3) is 5.04. The molecular formula is C18H18N4O6. The van der Waals surface area contributed by atoms with E-state index in [-0.39, 0.29) is 11.4 Å². The van der Waals surface area contributed by atoms with E-state index in [4.69, 9.17) is 9.47 Å². The van der Waals surface area contributed by atoms with E-state index in [1.165, 1.54) is 38.6 Å². The molecule has 2 N–H and O–H groups in total. The maximum atomic E-state index is 12.0. The lowest BCUT2D eigenvalue weighted by Crippen LogP contribution is -2.32. The number of nitro groups is 1. The molecule has 2 rings (SSSR count). The van der Waals surface area contributed by atoms with Gasteiger partial charge >= 0.3 is 17.5 Å². The minimum atomic E-state index is -1.01. The van der Waals surface area contributed by atoms with Gasteiger partial charge < -0.3 is 14.8 Å². The van der Waals surface area contributed by atoms with Crippen LogP contribution in [-0.4, -0.2) is 37.2 Å². The zero-order chi connectivity index (χ0) is 20.7. The van der Waals surface area contributed by atoms with Gasteiger partial charge in [0, 0.05) is 11.6 Å². The number of hydrogen-bond acceptors (Lipinski definition) is 7. The van der Waals surface area contributed by atoms with Crippen LogP contribution in [0.1, 0.15) is 11.1 Å². The Bertz CT molecular complexity index is 942. The van der Waals surface area contributed by atoms with E-state index in [2.05, 4.69) is 15.8 Å². The Morgan fingerprint density at radius 3 is 2.39 bits per heavy atom. The number of hydrogen-bond donors (Lipinski definition) is 2. The van der Waals surface area contributed by atoms with Gasteiger partial charge in [0.25, 0.3) is 0 Å². The van der Waals surface area contributed by atoms with Crippen molar-refractivity contribution in [3.8, 4) is 11.5 Å². The molecule has 0 bridgehead atoms. The number of carbonyl (C=O) groups is 2. The summed E-state index contributed by atoms with van der Waals surface area (Å²) in [7, 11) is 2.76. The van der Waals surface area contributed by atoms with Gasteiger partial charge in [0.2, 0.25) is 0 Å². The van der Waals surface area contributed by atoms with Crippen LogP contribution < -0.4 is 20.2 Å². The molecule has 2 amide bonds. The first-order valence-corrected chi connectivity index (χ1v) is 7.97. The highest BCUT2D eigenvalue weighted by Crippen LogP contribution is 2.27. The molecule has 146 valence electrons. The molecule has 0 aliphatic carbocycles. The number of hydrazone groups is 1. The van der Waals surface area contributed by atoms with Crippen LogP contribution in [0.3, 0.4) is 0 Å². The third-order valence-electron chi connectivity index (χ3n) is 3.59. The Hall–Kier alpha value is -3.95. The topological polar surface area (TPSA) is 132 Å². The zero-order valence-corrected chi connectivity index (χ0v) is 15.4. The molecule has 0 fully saturated rings. The summed E-state index contributed by atoms with van der Waals surface area (Å²) in [6.07, 6.45) is 1.17. The zero-order valence-electron chi connectivity index (χ0n) is 15.4. The number of aryl methyl sites for hydroxylation is 1. The van der Waals surface area contributed by atoms with Gasteiger partial charge in [0.05, 0.1) is 31.0 Å². The highest BCUT2D eigenvalue weighted by Gasteiger charge is 2.16. The standard InChI is InChI=1S/C18H18N4O6/c1-11-4-6-15(27-2)13(8-11)20-17(23)18(24)21-19-10-12-5-7-16(28-3)14(9-12)22(25)26/h4-10H,1-3H3,(H,20,23)(H,21,24).